The molecule has 0 amide bonds. The molecule has 1 fully saturated rings. The SMILES string of the molecule is CCN1CCC(C(CN)c2ccc(C(C)(C)C)cc2)CC1. The van der Waals surface area contributed by atoms with Crippen molar-refractivity contribution in [3.63, 3.8) is 0 Å². The van der Waals surface area contributed by atoms with Crippen molar-refractivity contribution in [3.05, 3.63) is 35.4 Å². The number of rotatable bonds is 4. The number of hydrogen-bond donors (Lipinski definition) is 1. The maximum atomic E-state index is 6.11. The Labute approximate surface area is 130 Å². The summed E-state index contributed by atoms with van der Waals surface area (Å²) in [5.41, 5.74) is 9.17. The predicted octanol–water partition coefficient (Wildman–Crippen LogP) is 3.76. The summed E-state index contributed by atoms with van der Waals surface area (Å²) in [7, 11) is 0. The number of benzene rings is 1. The van der Waals surface area contributed by atoms with Gasteiger partial charge < -0.3 is 10.6 Å². The lowest BCUT2D eigenvalue weighted by atomic mass is 9.78. The van der Waals surface area contributed by atoms with E-state index < -0.39 is 0 Å². The predicted molar refractivity (Wildman–Crippen MR) is 91.8 cm³/mol. The van der Waals surface area contributed by atoms with Crippen LogP contribution < -0.4 is 5.73 Å². The summed E-state index contributed by atoms with van der Waals surface area (Å²) >= 11 is 0. The highest BCUT2D eigenvalue weighted by Crippen LogP contribution is 2.33. The normalized spacial score (nSPS) is 19.7. The van der Waals surface area contributed by atoms with Crippen LogP contribution in [0.15, 0.2) is 24.3 Å². The lowest BCUT2D eigenvalue weighted by Gasteiger charge is -2.35. The van der Waals surface area contributed by atoms with Crippen molar-refractivity contribution in [1.82, 2.24) is 4.90 Å². The fourth-order valence-corrected chi connectivity index (χ4v) is 3.50. The summed E-state index contributed by atoms with van der Waals surface area (Å²) in [6, 6.07) is 9.20. The zero-order valence-electron chi connectivity index (χ0n) is 14.2. The first-order chi connectivity index (χ1) is 9.95. The van der Waals surface area contributed by atoms with E-state index in [-0.39, 0.29) is 5.41 Å². The molecule has 2 heteroatoms. The van der Waals surface area contributed by atoms with Crippen molar-refractivity contribution in [2.24, 2.45) is 11.7 Å². The molecule has 1 heterocycles. The second kappa shape index (κ2) is 6.93. The summed E-state index contributed by atoms with van der Waals surface area (Å²) in [5.74, 6) is 1.27. The van der Waals surface area contributed by atoms with Crippen LogP contribution in [0.2, 0.25) is 0 Å². The average molecular weight is 288 g/mol. The fraction of sp³-hybridized carbons (Fsp3) is 0.684. The maximum absolute atomic E-state index is 6.11. The van der Waals surface area contributed by atoms with E-state index in [9.17, 15) is 0 Å². The molecule has 0 spiro atoms. The van der Waals surface area contributed by atoms with Crippen LogP contribution in [0.4, 0.5) is 0 Å². The molecule has 1 aliphatic heterocycles. The minimum Gasteiger partial charge on any atom is -0.330 e. The Bertz CT molecular complexity index is 422. The molecule has 1 aliphatic rings. The lowest BCUT2D eigenvalue weighted by Crippen LogP contribution is -2.36. The van der Waals surface area contributed by atoms with Gasteiger partial charge in [0.05, 0.1) is 0 Å². The smallest absolute Gasteiger partial charge is 0.000555 e. The zero-order valence-corrected chi connectivity index (χ0v) is 14.2. The molecule has 21 heavy (non-hydrogen) atoms. The Morgan fingerprint density at radius 3 is 2.14 bits per heavy atom. The summed E-state index contributed by atoms with van der Waals surface area (Å²) in [6.07, 6.45) is 2.58. The molecular formula is C19H32N2. The van der Waals surface area contributed by atoms with Gasteiger partial charge in [0.25, 0.3) is 0 Å². The molecule has 0 saturated carbocycles. The van der Waals surface area contributed by atoms with Gasteiger partial charge in [0, 0.05) is 0 Å². The van der Waals surface area contributed by atoms with E-state index in [1.54, 1.807) is 0 Å². The second-order valence-electron chi connectivity index (χ2n) is 7.49. The summed E-state index contributed by atoms with van der Waals surface area (Å²) < 4.78 is 0. The number of nitrogens with zero attached hydrogens (tertiary/aromatic N) is 1. The van der Waals surface area contributed by atoms with Gasteiger partial charge in [-0.1, -0.05) is 52.0 Å². The average Bonchev–Trinajstić information content (AvgIpc) is 2.48. The van der Waals surface area contributed by atoms with E-state index in [0.717, 1.165) is 12.5 Å². The molecule has 0 radical (unpaired) electrons. The highest BCUT2D eigenvalue weighted by Gasteiger charge is 2.26. The number of piperidine rings is 1. The number of hydrogen-bond acceptors (Lipinski definition) is 2. The summed E-state index contributed by atoms with van der Waals surface area (Å²) in [4.78, 5) is 2.55. The first-order valence-electron chi connectivity index (χ1n) is 8.48. The van der Waals surface area contributed by atoms with Crippen molar-refractivity contribution in [3.8, 4) is 0 Å². The topological polar surface area (TPSA) is 29.3 Å². The quantitative estimate of drug-likeness (QED) is 0.914. The molecular weight excluding hydrogens is 256 g/mol. The Morgan fingerprint density at radius 1 is 1.14 bits per heavy atom. The molecule has 1 unspecified atom stereocenters. The highest BCUT2D eigenvalue weighted by atomic mass is 15.1. The molecule has 0 bridgehead atoms. The minimum atomic E-state index is 0.225. The molecule has 1 saturated heterocycles. The van der Waals surface area contributed by atoms with E-state index in [2.05, 4.69) is 56.9 Å². The fourth-order valence-electron chi connectivity index (χ4n) is 3.50. The largest absolute Gasteiger partial charge is 0.330 e. The second-order valence-corrected chi connectivity index (χ2v) is 7.49. The van der Waals surface area contributed by atoms with Gasteiger partial charge in [0.15, 0.2) is 0 Å². The van der Waals surface area contributed by atoms with Crippen LogP contribution in [0, 0.1) is 5.92 Å². The molecule has 1 aromatic carbocycles. The molecule has 2 nitrogen and oxygen atoms in total. The summed E-state index contributed by atoms with van der Waals surface area (Å²) in [6.45, 7) is 13.5. The third kappa shape index (κ3) is 4.08. The number of nitrogens with two attached hydrogens (primary N) is 1. The van der Waals surface area contributed by atoms with Gasteiger partial charge in [-0.3, -0.25) is 0 Å². The third-order valence-corrected chi connectivity index (χ3v) is 5.11. The van der Waals surface area contributed by atoms with Gasteiger partial charge in [-0.05, 0) is 67.4 Å². The van der Waals surface area contributed by atoms with Gasteiger partial charge in [0.1, 0.15) is 0 Å². The van der Waals surface area contributed by atoms with Crippen LogP contribution in [-0.2, 0) is 5.41 Å². The van der Waals surface area contributed by atoms with Crippen LogP contribution in [-0.4, -0.2) is 31.1 Å². The third-order valence-electron chi connectivity index (χ3n) is 5.11. The van der Waals surface area contributed by atoms with Gasteiger partial charge >= 0.3 is 0 Å². The zero-order chi connectivity index (χ0) is 15.5. The number of likely N-dealkylation sites (tertiary alicyclic amines) is 1. The highest BCUT2D eigenvalue weighted by molar-refractivity contribution is 5.30. The van der Waals surface area contributed by atoms with E-state index in [0.29, 0.717) is 5.92 Å². The van der Waals surface area contributed by atoms with Gasteiger partial charge in [0.2, 0.25) is 0 Å². The van der Waals surface area contributed by atoms with Crippen molar-refractivity contribution >= 4 is 0 Å². The van der Waals surface area contributed by atoms with Crippen molar-refractivity contribution in [2.75, 3.05) is 26.2 Å². The molecule has 0 aliphatic carbocycles. The minimum absolute atomic E-state index is 0.225. The van der Waals surface area contributed by atoms with Crippen LogP contribution in [0.5, 0.6) is 0 Å². The monoisotopic (exact) mass is 288 g/mol. The Hall–Kier alpha value is -0.860. The van der Waals surface area contributed by atoms with Gasteiger partial charge in [-0.2, -0.15) is 0 Å². The first kappa shape index (κ1) is 16.5. The van der Waals surface area contributed by atoms with Crippen molar-refractivity contribution < 1.29 is 0 Å². The first-order valence-corrected chi connectivity index (χ1v) is 8.48. The maximum Gasteiger partial charge on any atom is -0.000555 e. The molecule has 1 atom stereocenters. The van der Waals surface area contributed by atoms with Gasteiger partial charge in [-0.15, -0.1) is 0 Å². The van der Waals surface area contributed by atoms with Crippen LogP contribution >= 0.6 is 0 Å². The Morgan fingerprint density at radius 2 is 1.71 bits per heavy atom. The molecule has 0 aromatic heterocycles. The summed E-state index contributed by atoms with van der Waals surface area (Å²) in [5, 5.41) is 0. The van der Waals surface area contributed by atoms with Crippen molar-refractivity contribution in [1.29, 1.82) is 0 Å². The lowest BCUT2D eigenvalue weighted by molar-refractivity contribution is 0.176. The Balaban J connectivity index is 2.07. The van der Waals surface area contributed by atoms with E-state index >= 15 is 0 Å². The van der Waals surface area contributed by atoms with E-state index in [1.807, 2.05) is 0 Å². The van der Waals surface area contributed by atoms with Crippen LogP contribution in [0.1, 0.15) is 57.6 Å². The van der Waals surface area contributed by atoms with Crippen LogP contribution in [0.3, 0.4) is 0 Å². The Kier molecular flexibility index (Phi) is 5.45. The molecule has 2 rings (SSSR count). The standard InChI is InChI=1S/C19H32N2/c1-5-21-12-10-16(11-13-21)18(14-20)15-6-8-17(9-7-15)19(2,3)4/h6-9,16,18H,5,10-14,20H2,1-4H3. The van der Waals surface area contributed by atoms with Gasteiger partial charge in [-0.25, -0.2) is 0 Å². The van der Waals surface area contributed by atoms with Crippen molar-refractivity contribution in [2.45, 2.75) is 51.9 Å². The van der Waals surface area contributed by atoms with E-state index in [4.69, 9.17) is 5.73 Å². The molecule has 1 aromatic rings. The van der Waals surface area contributed by atoms with Crippen LogP contribution in [0.25, 0.3) is 0 Å². The molecule has 118 valence electrons. The van der Waals surface area contributed by atoms with E-state index in [1.165, 1.54) is 43.6 Å². The molecule has 2 N–H and O–H groups in total.